The zero-order chi connectivity index (χ0) is 12.1. The lowest BCUT2D eigenvalue weighted by Crippen LogP contribution is -2.21. The Balaban J connectivity index is 2.09. The molecule has 0 unspecified atom stereocenters. The van der Waals surface area contributed by atoms with Crippen LogP contribution >= 0.6 is 0 Å². The Labute approximate surface area is 103 Å². The predicted octanol–water partition coefficient (Wildman–Crippen LogP) is 0.801. The molecule has 0 heterocycles. The maximum atomic E-state index is 11.8. The Morgan fingerprint density at radius 3 is 1.94 bits per heavy atom. The van der Waals surface area contributed by atoms with Gasteiger partial charge in [-0.15, -0.1) is 0 Å². The Bertz CT molecular complexity index is 567. The second-order valence-electron chi connectivity index (χ2n) is 3.51. The summed E-state index contributed by atoms with van der Waals surface area (Å²) in [6, 6.07) is 17.6. The molecule has 0 fully saturated rings. The molecule has 0 bridgehead atoms. The second kappa shape index (κ2) is 5.26. The van der Waals surface area contributed by atoms with E-state index in [2.05, 4.69) is 0 Å². The van der Waals surface area contributed by atoms with Crippen molar-refractivity contribution in [2.75, 3.05) is 0 Å². The summed E-state index contributed by atoms with van der Waals surface area (Å²) in [7, 11) is -4.84. The van der Waals surface area contributed by atoms with Crippen molar-refractivity contribution in [3.05, 3.63) is 60.7 Å². The zero-order valence-corrected chi connectivity index (χ0v) is 11.3. The minimum atomic E-state index is -3.60. The first-order valence-corrected chi connectivity index (χ1v) is 7.86. The van der Waals surface area contributed by atoms with E-state index < -0.39 is 19.9 Å². The minimum absolute atomic E-state index is 0.212. The van der Waals surface area contributed by atoms with Crippen molar-refractivity contribution < 1.29 is 12.3 Å². The quantitative estimate of drug-likeness (QED) is 0.767. The Hall–Kier alpha value is -1.43. The summed E-state index contributed by atoms with van der Waals surface area (Å²) in [5.74, 6) is 0. The van der Waals surface area contributed by atoms with Crippen LogP contribution in [-0.2, 0) is 14.0 Å². The monoisotopic (exact) mass is 264 g/mol. The fraction of sp³-hybridized carbons (Fsp3) is 0. The minimum Gasteiger partial charge on any atom is -0.314 e. The molecule has 88 valence electrons. The first-order chi connectivity index (χ1) is 8.18. The summed E-state index contributed by atoms with van der Waals surface area (Å²) in [5, 5.41) is 0.965. The predicted molar refractivity (Wildman–Crippen MR) is 69.3 cm³/mol. The van der Waals surface area contributed by atoms with Gasteiger partial charge in [-0.3, -0.25) is 0 Å². The van der Waals surface area contributed by atoms with E-state index in [0.29, 0.717) is 0 Å². The lowest BCUT2D eigenvalue weighted by atomic mass is 10.4. The van der Waals surface area contributed by atoms with Gasteiger partial charge in [-0.1, -0.05) is 48.5 Å². The van der Waals surface area contributed by atoms with Crippen LogP contribution in [0.5, 0.6) is 0 Å². The fourth-order valence-corrected chi connectivity index (χ4v) is 4.04. The standard InChI is InChI=1S/C12H12O3SSi/c13-16(14,11-7-3-1-4-8-11)15-17-12-9-5-2-6-10-12/h1-10H,17H2. The molecule has 0 aromatic heterocycles. The van der Waals surface area contributed by atoms with Gasteiger partial charge in [0, 0.05) is 0 Å². The topological polar surface area (TPSA) is 43.4 Å². The highest BCUT2D eigenvalue weighted by atomic mass is 32.2. The van der Waals surface area contributed by atoms with E-state index in [9.17, 15) is 8.42 Å². The maximum Gasteiger partial charge on any atom is 0.287 e. The average molecular weight is 264 g/mol. The van der Waals surface area contributed by atoms with Crippen LogP contribution in [0.4, 0.5) is 0 Å². The van der Waals surface area contributed by atoms with Gasteiger partial charge in [0.05, 0.1) is 4.90 Å². The van der Waals surface area contributed by atoms with Gasteiger partial charge in [0.15, 0.2) is 0 Å². The fourth-order valence-electron chi connectivity index (χ4n) is 1.38. The number of hydrogen-bond acceptors (Lipinski definition) is 3. The highest BCUT2D eigenvalue weighted by molar-refractivity contribution is 7.87. The molecule has 2 aromatic carbocycles. The van der Waals surface area contributed by atoms with E-state index in [-0.39, 0.29) is 4.90 Å². The maximum absolute atomic E-state index is 11.8. The van der Waals surface area contributed by atoms with Crippen LogP contribution < -0.4 is 5.19 Å². The van der Waals surface area contributed by atoms with Gasteiger partial charge < -0.3 is 3.87 Å². The summed E-state index contributed by atoms with van der Waals surface area (Å²) < 4.78 is 28.7. The first-order valence-electron chi connectivity index (χ1n) is 5.17. The molecule has 0 atom stereocenters. The summed E-state index contributed by atoms with van der Waals surface area (Å²) >= 11 is 0. The van der Waals surface area contributed by atoms with E-state index in [1.807, 2.05) is 30.3 Å². The molecule has 0 aliphatic carbocycles. The molecule has 0 aliphatic rings. The SMILES string of the molecule is O=S(=O)(O[SiH2]c1ccccc1)c1ccccc1. The van der Waals surface area contributed by atoms with E-state index in [4.69, 9.17) is 3.87 Å². The Morgan fingerprint density at radius 2 is 1.35 bits per heavy atom. The molecule has 0 amide bonds. The molecule has 2 rings (SSSR count). The highest BCUT2D eigenvalue weighted by Crippen LogP contribution is 2.10. The summed E-state index contributed by atoms with van der Waals surface area (Å²) in [6.45, 7) is 0. The molecule has 0 aliphatic heterocycles. The van der Waals surface area contributed by atoms with Crippen LogP contribution in [0.3, 0.4) is 0 Å². The third-order valence-corrected chi connectivity index (χ3v) is 5.62. The molecule has 0 spiro atoms. The number of rotatable bonds is 4. The average Bonchev–Trinajstić information content (AvgIpc) is 2.39. The van der Waals surface area contributed by atoms with Crippen LogP contribution in [0.1, 0.15) is 0 Å². The van der Waals surface area contributed by atoms with Crippen molar-refractivity contribution >= 4 is 25.1 Å². The number of benzene rings is 2. The van der Waals surface area contributed by atoms with Gasteiger partial charge in [0.2, 0.25) is 9.76 Å². The van der Waals surface area contributed by atoms with Crippen molar-refractivity contribution in [2.24, 2.45) is 0 Å². The van der Waals surface area contributed by atoms with Crippen molar-refractivity contribution in [2.45, 2.75) is 4.90 Å². The molecular formula is C12H12O3SSi. The van der Waals surface area contributed by atoms with E-state index in [0.717, 1.165) is 5.19 Å². The van der Waals surface area contributed by atoms with Crippen molar-refractivity contribution in [1.29, 1.82) is 0 Å². The van der Waals surface area contributed by atoms with E-state index in [1.165, 1.54) is 12.1 Å². The van der Waals surface area contributed by atoms with Crippen LogP contribution in [0.25, 0.3) is 0 Å². The molecule has 3 nitrogen and oxygen atoms in total. The lowest BCUT2D eigenvalue weighted by Gasteiger charge is -2.05. The third kappa shape index (κ3) is 3.26. The second-order valence-corrected chi connectivity index (χ2v) is 6.94. The summed E-state index contributed by atoms with van der Waals surface area (Å²) in [6.07, 6.45) is 0. The third-order valence-electron chi connectivity index (χ3n) is 2.26. The Kier molecular flexibility index (Phi) is 3.73. The molecule has 0 radical (unpaired) electrons. The van der Waals surface area contributed by atoms with Gasteiger partial charge in [0.25, 0.3) is 10.1 Å². The molecule has 0 N–H and O–H groups in total. The van der Waals surface area contributed by atoms with Crippen molar-refractivity contribution in [3.8, 4) is 0 Å². The molecular weight excluding hydrogens is 252 g/mol. The molecule has 5 heteroatoms. The van der Waals surface area contributed by atoms with Crippen molar-refractivity contribution in [3.63, 3.8) is 0 Å². The van der Waals surface area contributed by atoms with Gasteiger partial charge in [-0.05, 0) is 17.3 Å². The van der Waals surface area contributed by atoms with Gasteiger partial charge in [-0.25, -0.2) is 0 Å². The Morgan fingerprint density at radius 1 is 0.824 bits per heavy atom. The molecule has 0 saturated heterocycles. The highest BCUT2D eigenvalue weighted by Gasteiger charge is 2.13. The molecule has 17 heavy (non-hydrogen) atoms. The largest absolute Gasteiger partial charge is 0.314 e. The molecule has 0 saturated carbocycles. The smallest absolute Gasteiger partial charge is 0.287 e. The summed E-state index contributed by atoms with van der Waals surface area (Å²) in [4.78, 5) is 0.212. The van der Waals surface area contributed by atoms with Crippen LogP contribution in [0.15, 0.2) is 65.6 Å². The van der Waals surface area contributed by atoms with Crippen molar-refractivity contribution in [1.82, 2.24) is 0 Å². The van der Waals surface area contributed by atoms with Gasteiger partial charge >= 0.3 is 0 Å². The van der Waals surface area contributed by atoms with Crippen LogP contribution in [0.2, 0.25) is 0 Å². The van der Waals surface area contributed by atoms with E-state index >= 15 is 0 Å². The van der Waals surface area contributed by atoms with Crippen LogP contribution in [0, 0.1) is 0 Å². The normalized spacial score (nSPS) is 12.0. The first kappa shape index (κ1) is 12.0. The van der Waals surface area contributed by atoms with Gasteiger partial charge in [0.1, 0.15) is 0 Å². The van der Waals surface area contributed by atoms with Crippen LogP contribution in [-0.4, -0.2) is 18.2 Å². The summed E-state index contributed by atoms with van der Waals surface area (Å²) in [5.41, 5.74) is 0. The lowest BCUT2D eigenvalue weighted by molar-refractivity contribution is 0.504. The van der Waals surface area contributed by atoms with Gasteiger partial charge in [-0.2, -0.15) is 8.42 Å². The van der Waals surface area contributed by atoms with E-state index in [1.54, 1.807) is 18.2 Å². The molecule has 2 aromatic rings. The zero-order valence-electron chi connectivity index (χ0n) is 9.11. The number of hydrogen-bond donors (Lipinski definition) is 0.